The summed E-state index contributed by atoms with van der Waals surface area (Å²) in [6.07, 6.45) is 3.14. The van der Waals surface area contributed by atoms with Crippen molar-refractivity contribution in [3.8, 4) is 0 Å². The molecule has 0 unspecified atom stereocenters. The second kappa shape index (κ2) is 3.46. The van der Waals surface area contributed by atoms with E-state index in [9.17, 15) is 0 Å². The molecule has 0 aliphatic carbocycles. The predicted molar refractivity (Wildman–Crippen MR) is 60.5 cm³/mol. The minimum Gasteiger partial charge on any atom is -0.351 e. The lowest BCUT2D eigenvalue weighted by Crippen LogP contribution is -1.88. The normalized spacial score (nSPS) is 10.9. The number of hydrogen-bond donors (Lipinski definition) is 1. The fourth-order valence-electron chi connectivity index (χ4n) is 1.59. The Morgan fingerprint density at radius 1 is 1.31 bits per heavy atom. The summed E-state index contributed by atoms with van der Waals surface area (Å²) >= 11 is 4.23. The van der Waals surface area contributed by atoms with E-state index < -0.39 is 0 Å². The van der Waals surface area contributed by atoms with Crippen LogP contribution in [0.2, 0.25) is 0 Å². The first-order valence-electron chi connectivity index (χ1n) is 4.46. The van der Waals surface area contributed by atoms with Crippen LogP contribution >= 0.6 is 12.6 Å². The Morgan fingerprint density at radius 3 is 2.92 bits per heavy atom. The molecule has 1 nitrogen and oxygen atoms in total. The lowest BCUT2D eigenvalue weighted by Gasteiger charge is -2.00. The number of aryl methyl sites for hydroxylation is 2. The van der Waals surface area contributed by atoms with Crippen molar-refractivity contribution in [3.05, 3.63) is 36.0 Å². The Morgan fingerprint density at radius 2 is 2.15 bits per heavy atom. The monoisotopic (exact) mass is 191 g/mol. The number of fused-ring (bicyclic) bond motifs is 1. The number of aromatic nitrogens is 1. The Hall–Kier alpha value is -0.890. The number of nitrogens with zero attached hydrogens (tertiary/aromatic N) is 1. The lowest BCUT2D eigenvalue weighted by molar-refractivity contribution is 0.967. The second-order valence-electron chi connectivity index (χ2n) is 3.29. The van der Waals surface area contributed by atoms with Crippen LogP contribution < -0.4 is 0 Å². The van der Waals surface area contributed by atoms with E-state index in [1.165, 1.54) is 16.5 Å². The molecule has 1 aromatic carbocycles. The molecule has 0 saturated carbocycles. The Labute approximate surface area is 83.8 Å². The minimum absolute atomic E-state index is 0.913. The van der Waals surface area contributed by atoms with Crippen LogP contribution in [0.3, 0.4) is 0 Å². The van der Waals surface area contributed by atoms with Gasteiger partial charge in [0.05, 0.1) is 0 Å². The standard InChI is InChI=1S/C11H13NS/c1-12-6-4-10-3-2-9(5-7-13)8-11(10)12/h2-4,6,8,13H,5,7H2,1H3. The largest absolute Gasteiger partial charge is 0.351 e. The van der Waals surface area contributed by atoms with Gasteiger partial charge in [0.1, 0.15) is 0 Å². The summed E-state index contributed by atoms with van der Waals surface area (Å²) in [6.45, 7) is 0. The van der Waals surface area contributed by atoms with E-state index in [0.29, 0.717) is 0 Å². The molecule has 0 saturated heterocycles. The summed E-state index contributed by atoms with van der Waals surface area (Å²) in [5.74, 6) is 0.913. The third kappa shape index (κ3) is 1.59. The Bertz CT molecular complexity index is 417. The van der Waals surface area contributed by atoms with Crippen molar-refractivity contribution in [2.75, 3.05) is 5.75 Å². The first-order chi connectivity index (χ1) is 6.31. The zero-order valence-electron chi connectivity index (χ0n) is 7.70. The zero-order valence-corrected chi connectivity index (χ0v) is 8.59. The topological polar surface area (TPSA) is 4.93 Å². The van der Waals surface area contributed by atoms with Gasteiger partial charge in [0.15, 0.2) is 0 Å². The highest BCUT2D eigenvalue weighted by molar-refractivity contribution is 7.80. The maximum atomic E-state index is 4.23. The van der Waals surface area contributed by atoms with Crippen LogP contribution in [0.1, 0.15) is 5.56 Å². The van der Waals surface area contributed by atoms with E-state index in [2.05, 4.69) is 54.7 Å². The van der Waals surface area contributed by atoms with E-state index in [0.717, 1.165) is 12.2 Å². The van der Waals surface area contributed by atoms with E-state index in [4.69, 9.17) is 0 Å². The van der Waals surface area contributed by atoms with E-state index in [-0.39, 0.29) is 0 Å². The van der Waals surface area contributed by atoms with Gasteiger partial charge in [-0.25, -0.2) is 0 Å². The zero-order chi connectivity index (χ0) is 9.26. The number of hydrogen-bond acceptors (Lipinski definition) is 1. The third-order valence-corrected chi connectivity index (χ3v) is 2.58. The van der Waals surface area contributed by atoms with Crippen molar-refractivity contribution in [2.24, 2.45) is 7.05 Å². The van der Waals surface area contributed by atoms with Gasteiger partial charge in [0.25, 0.3) is 0 Å². The minimum atomic E-state index is 0.913. The maximum Gasteiger partial charge on any atom is 0.0480 e. The third-order valence-electron chi connectivity index (χ3n) is 2.35. The molecule has 0 spiro atoms. The van der Waals surface area contributed by atoms with E-state index >= 15 is 0 Å². The summed E-state index contributed by atoms with van der Waals surface area (Å²) in [6, 6.07) is 8.73. The van der Waals surface area contributed by atoms with Gasteiger partial charge in [0.2, 0.25) is 0 Å². The molecule has 13 heavy (non-hydrogen) atoms. The molecule has 2 aromatic rings. The molecule has 0 radical (unpaired) electrons. The summed E-state index contributed by atoms with van der Waals surface area (Å²) in [5, 5.41) is 1.31. The van der Waals surface area contributed by atoms with Gasteiger partial charge < -0.3 is 4.57 Å². The average molecular weight is 191 g/mol. The fourth-order valence-corrected chi connectivity index (χ4v) is 1.85. The SMILES string of the molecule is Cn1ccc2ccc(CCS)cc21. The van der Waals surface area contributed by atoms with Crippen LogP contribution in [-0.4, -0.2) is 10.3 Å². The van der Waals surface area contributed by atoms with Crippen molar-refractivity contribution in [1.82, 2.24) is 4.57 Å². The van der Waals surface area contributed by atoms with Crippen molar-refractivity contribution in [3.63, 3.8) is 0 Å². The molecule has 0 atom stereocenters. The molecule has 1 heterocycles. The van der Waals surface area contributed by atoms with Gasteiger partial charge in [-0.15, -0.1) is 0 Å². The molecule has 1 aromatic heterocycles. The predicted octanol–water partition coefficient (Wildman–Crippen LogP) is 2.65. The molecule has 0 fully saturated rings. The number of thiol groups is 1. The first-order valence-corrected chi connectivity index (χ1v) is 5.09. The quantitative estimate of drug-likeness (QED) is 0.696. The lowest BCUT2D eigenvalue weighted by atomic mass is 10.1. The molecule has 0 aliphatic rings. The molecule has 2 heteroatoms. The van der Waals surface area contributed by atoms with Gasteiger partial charge in [-0.3, -0.25) is 0 Å². The molecule has 2 rings (SSSR count). The van der Waals surface area contributed by atoms with Crippen LogP contribution in [0.5, 0.6) is 0 Å². The second-order valence-corrected chi connectivity index (χ2v) is 3.74. The molecular formula is C11H13NS. The average Bonchev–Trinajstić information content (AvgIpc) is 2.49. The van der Waals surface area contributed by atoms with E-state index in [1.807, 2.05) is 0 Å². The van der Waals surface area contributed by atoms with Crippen molar-refractivity contribution in [1.29, 1.82) is 0 Å². The van der Waals surface area contributed by atoms with Crippen molar-refractivity contribution < 1.29 is 0 Å². The smallest absolute Gasteiger partial charge is 0.0480 e. The van der Waals surface area contributed by atoms with Gasteiger partial charge in [-0.2, -0.15) is 12.6 Å². The summed E-state index contributed by atoms with van der Waals surface area (Å²) < 4.78 is 2.15. The molecule has 0 N–H and O–H groups in total. The highest BCUT2D eigenvalue weighted by Crippen LogP contribution is 2.16. The van der Waals surface area contributed by atoms with Gasteiger partial charge in [0, 0.05) is 18.8 Å². The Kier molecular flexibility index (Phi) is 2.32. The highest BCUT2D eigenvalue weighted by atomic mass is 32.1. The number of rotatable bonds is 2. The molecule has 0 aliphatic heterocycles. The molecule has 68 valence electrons. The summed E-state index contributed by atoms with van der Waals surface area (Å²) in [4.78, 5) is 0. The van der Waals surface area contributed by atoms with E-state index in [1.54, 1.807) is 0 Å². The first kappa shape index (κ1) is 8.70. The van der Waals surface area contributed by atoms with Gasteiger partial charge in [-0.1, -0.05) is 12.1 Å². The Balaban J connectivity index is 2.53. The van der Waals surface area contributed by atoms with Crippen LogP contribution in [0.4, 0.5) is 0 Å². The summed E-state index contributed by atoms with van der Waals surface area (Å²) in [7, 11) is 2.08. The number of benzene rings is 1. The molecular weight excluding hydrogens is 178 g/mol. The van der Waals surface area contributed by atoms with Gasteiger partial charge >= 0.3 is 0 Å². The highest BCUT2D eigenvalue weighted by Gasteiger charge is 1.98. The van der Waals surface area contributed by atoms with Gasteiger partial charge in [-0.05, 0) is 35.3 Å². The van der Waals surface area contributed by atoms with Crippen molar-refractivity contribution in [2.45, 2.75) is 6.42 Å². The van der Waals surface area contributed by atoms with Crippen LogP contribution in [0, 0.1) is 0 Å². The summed E-state index contributed by atoms with van der Waals surface area (Å²) in [5.41, 5.74) is 2.67. The fraction of sp³-hybridized carbons (Fsp3) is 0.273. The maximum absolute atomic E-state index is 4.23. The van der Waals surface area contributed by atoms with Crippen molar-refractivity contribution >= 4 is 23.5 Å². The molecule has 0 bridgehead atoms. The van der Waals surface area contributed by atoms with Crippen LogP contribution in [0.25, 0.3) is 10.9 Å². The van der Waals surface area contributed by atoms with Crippen LogP contribution in [-0.2, 0) is 13.5 Å². The van der Waals surface area contributed by atoms with Crippen LogP contribution in [0.15, 0.2) is 30.5 Å². The molecule has 0 amide bonds.